The van der Waals surface area contributed by atoms with E-state index in [2.05, 4.69) is 24.5 Å². The summed E-state index contributed by atoms with van der Waals surface area (Å²) in [6.07, 6.45) is 6.58. The number of nitrogens with one attached hydrogen (secondary N) is 2. The molecular weight excluding hydrogens is 224 g/mol. The van der Waals surface area contributed by atoms with Gasteiger partial charge in [0.15, 0.2) is 0 Å². The Morgan fingerprint density at radius 2 is 2.17 bits per heavy atom. The summed E-state index contributed by atoms with van der Waals surface area (Å²) in [5.41, 5.74) is 0.438. The molecule has 2 N–H and O–H groups in total. The van der Waals surface area contributed by atoms with Crippen LogP contribution in [0.15, 0.2) is 0 Å². The van der Waals surface area contributed by atoms with Crippen LogP contribution < -0.4 is 10.6 Å². The van der Waals surface area contributed by atoms with Crippen molar-refractivity contribution in [1.29, 1.82) is 0 Å². The largest absolute Gasteiger partial charge is 0.381 e. The summed E-state index contributed by atoms with van der Waals surface area (Å²) in [4.78, 5) is 0. The average Bonchev–Trinajstić information content (AvgIpc) is 3.13. The second-order valence-electron chi connectivity index (χ2n) is 6.67. The molecule has 18 heavy (non-hydrogen) atoms. The minimum absolute atomic E-state index is 0.438. The van der Waals surface area contributed by atoms with Crippen molar-refractivity contribution in [2.45, 2.75) is 52.0 Å². The van der Waals surface area contributed by atoms with E-state index in [0.29, 0.717) is 11.5 Å². The monoisotopic (exact) mass is 254 g/mol. The molecule has 2 fully saturated rings. The first-order valence-corrected chi connectivity index (χ1v) is 7.70. The maximum Gasteiger partial charge on any atom is 0.0494 e. The predicted octanol–water partition coefficient (Wildman–Crippen LogP) is 2.17. The van der Waals surface area contributed by atoms with Crippen LogP contribution in [0, 0.1) is 11.3 Å². The molecule has 1 saturated carbocycles. The van der Waals surface area contributed by atoms with Crippen LogP contribution in [0.2, 0.25) is 0 Å². The van der Waals surface area contributed by atoms with Crippen LogP contribution in [0.1, 0.15) is 46.0 Å². The average molecular weight is 254 g/mol. The highest BCUT2D eigenvalue weighted by Gasteiger charge is 2.31. The number of hydrogen-bond acceptors (Lipinski definition) is 3. The normalized spacial score (nSPS) is 27.3. The van der Waals surface area contributed by atoms with Gasteiger partial charge in [-0.05, 0) is 56.5 Å². The first-order valence-electron chi connectivity index (χ1n) is 7.70. The molecule has 1 atom stereocenters. The lowest BCUT2D eigenvalue weighted by molar-refractivity contribution is 0.120. The van der Waals surface area contributed by atoms with E-state index in [4.69, 9.17) is 4.74 Å². The minimum atomic E-state index is 0.438. The van der Waals surface area contributed by atoms with Crippen LogP contribution in [0.25, 0.3) is 0 Å². The molecule has 106 valence electrons. The first-order chi connectivity index (χ1) is 8.68. The first kappa shape index (κ1) is 14.3. The molecular formula is C15H30N2O. The van der Waals surface area contributed by atoms with E-state index in [1.165, 1.54) is 32.2 Å². The van der Waals surface area contributed by atoms with E-state index in [1.54, 1.807) is 0 Å². The van der Waals surface area contributed by atoms with E-state index < -0.39 is 0 Å². The van der Waals surface area contributed by atoms with E-state index in [-0.39, 0.29) is 0 Å². The molecule has 1 aliphatic carbocycles. The lowest BCUT2D eigenvalue weighted by Crippen LogP contribution is -2.52. The van der Waals surface area contributed by atoms with Crippen molar-refractivity contribution in [3.8, 4) is 0 Å². The third-order valence-electron chi connectivity index (χ3n) is 4.37. The zero-order valence-electron chi connectivity index (χ0n) is 12.1. The maximum atomic E-state index is 5.63. The van der Waals surface area contributed by atoms with Crippen LogP contribution in [-0.4, -0.2) is 38.9 Å². The van der Waals surface area contributed by atoms with Crippen molar-refractivity contribution in [3.63, 3.8) is 0 Å². The van der Waals surface area contributed by atoms with E-state index in [0.717, 1.165) is 38.6 Å². The standard InChI is InChI=1S/C15H30N2O/c1-15(2)7-3-9-17-14(15)11-16-8-4-10-18-12-13-5-6-13/h13-14,16-17H,3-12H2,1-2H3. The zero-order chi connectivity index (χ0) is 12.8. The second-order valence-corrected chi connectivity index (χ2v) is 6.67. The molecule has 0 aromatic heterocycles. The lowest BCUT2D eigenvalue weighted by atomic mass is 9.77. The SMILES string of the molecule is CC1(C)CCCNC1CNCCCOCC1CC1. The molecule has 0 aromatic carbocycles. The van der Waals surface area contributed by atoms with Crippen LogP contribution in [0.5, 0.6) is 0 Å². The number of rotatable bonds is 8. The summed E-state index contributed by atoms with van der Waals surface area (Å²) >= 11 is 0. The Bertz CT molecular complexity index is 239. The molecule has 2 rings (SSSR count). The highest BCUT2D eigenvalue weighted by molar-refractivity contribution is 4.89. The fraction of sp³-hybridized carbons (Fsp3) is 1.00. The van der Waals surface area contributed by atoms with Crippen molar-refractivity contribution >= 4 is 0 Å². The quantitative estimate of drug-likeness (QED) is 0.651. The van der Waals surface area contributed by atoms with Crippen LogP contribution in [0.3, 0.4) is 0 Å². The third-order valence-corrected chi connectivity index (χ3v) is 4.37. The van der Waals surface area contributed by atoms with Crippen LogP contribution >= 0.6 is 0 Å². The molecule has 1 saturated heterocycles. The van der Waals surface area contributed by atoms with Gasteiger partial charge >= 0.3 is 0 Å². The molecule has 3 heteroatoms. The Kier molecular flexibility index (Phi) is 5.46. The lowest BCUT2D eigenvalue weighted by Gasteiger charge is -2.39. The van der Waals surface area contributed by atoms with Crippen molar-refractivity contribution in [2.24, 2.45) is 11.3 Å². The minimum Gasteiger partial charge on any atom is -0.381 e. The van der Waals surface area contributed by atoms with Gasteiger partial charge in [-0.2, -0.15) is 0 Å². The summed E-state index contributed by atoms with van der Waals surface area (Å²) in [5, 5.41) is 7.21. The van der Waals surface area contributed by atoms with Crippen molar-refractivity contribution in [3.05, 3.63) is 0 Å². The molecule has 0 bridgehead atoms. The number of piperidine rings is 1. The number of ether oxygens (including phenoxy) is 1. The van der Waals surface area contributed by atoms with Gasteiger partial charge in [0.2, 0.25) is 0 Å². The Labute approximate surface area is 112 Å². The van der Waals surface area contributed by atoms with Crippen molar-refractivity contribution in [2.75, 3.05) is 32.8 Å². The van der Waals surface area contributed by atoms with E-state index >= 15 is 0 Å². The van der Waals surface area contributed by atoms with Gasteiger partial charge in [-0.3, -0.25) is 0 Å². The second kappa shape index (κ2) is 6.88. The Hall–Kier alpha value is -0.120. The summed E-state index contributed by atoms with van der Waals surface area (Å²) in [6.45, 7) is 10.0. The summed E-state index contributed by atoms with van der Waals surface area (Å²) in [7, 11) is 0. The maximum absolute atomic E-state index is 5.63. The van der Waals surface area contributed by atoms with Gasteiger partial charge in [0.25, 0.3) is 0 Å². The van der Waals surface area contributed by atoms with Gasteiger partial charge in [-0.25, -0.2) is 0 Å². The van der Waals surface area contributed by atoms with Crippen molar-refractivity contribution in [1.82, 2.24) is 10.6 Å². The molecule has 1 unspecified atom stereocenters. The molecule has 0 radical (unpaired) electrons. The van der Waals surface area contributed by atoms with Gasteiger partial charge in [0, 0.05) is 25.8 Å². The summed E-state index contributed by atoms with van der Waals surface area (Å²) in [6, 6.07) is 0.624. The van der Waals surface area contributed by atoms with Gasteiger partial charge in [-0.15, -0.1) is 0 Å². The molecule has 3 nitrogen and oxygen atoms in total. The molecule has 0 amide bonds. The van der Waals surface area contributed by atoms with E-state index in [9.17, 15) is 0 Å². The topological polar surface area (TPSA) is 33.3 Å². The van der Waals surface area contributed by atoms with Gasteiger partial charge in [-0.1, -0.05) is 13.8 Å². The molecule has 0 aromatic rings. The zero-order valence-corrected chi connectivity index (χ0v) is 12.1. The molecule has 1 aliphatic heterocycles. The van der Waals surface area contributed by atoms with Crippen LogP contribution in [0.4, 0.5) is 0 Å². The van der Waals surface area contributed by atoms with Gasteiger partial charge < -0.3 is 15.4 Å². The summed E-state index contributed by atoms with van der Waals surface area (Å²) < 4.78 is 5.63. The van der Waals surface area contributed by atoms with Crippen molar-refractivity contribution < 1.29 is 4.74 Å². The Balaban J connectivity index is 1.46. The molecule has 2 aliphatic rings. The van der Waals surface area contributed by atoms with Gasteiger partial charge in [0.1, 0.15) is 0 Å². The Morgan fingerprint density at radius 3 is 2.89 bits per heavy atom. The highest BCUT2D eigenvalue weighted by atomic mass is 16.5. The molecule has 1 heterocycles. The predicted molar refractivity (Wildman–Crippen MR) is 75.8 cm³/mol. The van der Waals surface area contributed by atoms with Crippen LogP contribution in [-0.2, 0) is 4.74 Å². The Morgan fingerprint density at radius 1 is 1.33 bits per heavy atom. The number of hydrogen-bond donors (Lipinski definition) is 2. The highest BCUT2D eigenvalue weighted by Crippen LogP contribution is 2.29. The fourth-order valence-electron chi connectivity index (χ4n) is 2.70. The smallest absolute Gasteiger partial charge is 0.0494 e. The third kappa shape index (κ3) is 4.87. The molecule has 0 spiro atoms. The summed E-state index contributed by atoms with van der Waals surface area (Å²) in [5.74, 6) is 0.894. The van der Waals surface area contributed by atoms with E-state index in [1.807, 2.05) is 0 Å². The van der Waals surface area contributed by atoms with Gasteiger partial charge in [0.05, 0.1) is 0 Å². The fourth-order valence-corrected chi connectivity index (χ4v) is 2.70.